The van der Waals surface area contributed by atoms with E-state index in [1.165, 1.54) is 7.11 Å². The summed E-state index contributed by atoms with van der Waals surface area (Å²) in [6.07, 6.45) is 0.799. The smallest absolute Gasteiger partial charge is 0.337 e. The molecule has 0 radical (unpaired) electrons. The Morgan fingerprint density at radius 3 is 2.68 bits per heavy atom. The Balaban J connectivity index is 1.93. The van der Waals surface area contributed by atoms with Crippen molar-refractivity contribution in [1.82, 2.24) is 0 Å². The van der Waals surface area contributed by atoms with E-state index < -0.39 is 0 Å². The van der Waals surface area contributed by atoms with Crippen molar-refractivity contribution in [3.05, 3.63) is 53.6 Å². The molecule has 0 amide bonds. The molecule has 1 heterocycles. The van der Waals surface area contributed by atoms with Gasteiger partial charge < -0.3 is 14.4 Å². The summed E-state index contributed by atoms with van der Waals surface area (Å²) in [5.74, 6) is 0.331. The first-order valence-corrected chi connectivity index (χ1v) is 6.91. The van der Waals surface area contributed by atoms with E-state index in [9.17, 15) is 9.59 Å². The van der Waals surface area contributed by atoms with Gasteiger partial charge in [0.25, 0.3) is 0 Å². The highest BCUT2D eigenvalue weighted by Crippen LogP contribution is 2.37. The van der Waals surface area contributed by atoms with Crippen molar-refractivity contribution in [2.24, 2.45) is 0 Å². The van der Waals surface area contributed by atoms with Crippen molar-refractivity contribution < 1.29 is 19.1 Å². The molecule has 3 rings (SSSR count). The first-order valence-electron chi connectivity index (χ1n) is 6.91. The minimum atomic E-state index is -0.357. The monoisotopic (exact) mass is 297 g/mol. The summed E-state index contributed by atoms with van der Waals surface area (Å²) in [5, 5.41) is 0. The van der Waals surface area contributed by atoms with Crippen LogP contribution in [0.15, 0.2) is 42.5 Å². The maximum Gasteiger partial charge on any atom is 0.337 e. The first-order chi connectivity index (χ1) is 10.7. The maximum atomic E-state index is 11.5. The molecule has 0 atom stereocenters. The lowest BCUT2D eigenvalue weighted by molar-refractivity contribution is 0.0600. The Morgan fingerprint density at radius 1 is 1.23 bits per heavy atom. The van der Waals surface area contributed by atoms with Gasteiger partial charge in [-0.3, -0.25) is 4.79 Å². The van der Waals surface area contributed by atoms with E-state index in [4.69, 9.17) is 9.47 Å². The van der Waals surface area contributed by atoms with Crippen LogP contribution in [-0.4, -0.2) is 32.5 Å². The average molecular weight is 297 g/mol. The highest BCUT2D eigenvalue weighted by molar-refractivity contribution is 5.90. The number of carbonyl (C=O) groups excluding carboxylic acids is 2. The van der Waals surface area contributed by atoms with Gasteiger partial charge in [-0.1, -0.05) is 0 Å². The maximum absolute atomic E-state index is 11.5. The molecule has 0 saturated carbocycles. The Morgan fingerprint density at radius 2 is 2.00 bits per heavy atom. The van der Waals surface area contributed by atoms with Crippen molar-refractivity contribution in [2.75, 3.05) is 25.2 Å². The number of benzene rings is 2. The molecule has 2 aromatic carbocycles. The zero-order valence-corrected chi connectivity index (χ0v) is 12.1. The Hall–Kier alpha value is -2.82. The molecule has 22 heavy (non-hydrogen) atoms. The van der Waals surface area contributed by atoms with Gasteiger partial charge in [0.2, 0.25) is 0 Å². The van der Waals surface area contributed by atoms with Gasteiger partial charge in [-0.05, 0) is 42.5 Å². The molecular weight excluding hydrogens is 282 g/mol. The molecule has 2 aromatic rings. The van der Waals surface area contributed by atoms with Crippen LogP contribution in [0, 0.1) is 0 Å². The molecule has 1 aliphatic heterocycles. The van der Waals surface area contributed by atoms with E-state index in [0.29, 0.717) is 30.0 Å². The Labute approximate surface area is 128 Å². The van der Waals surface area contributed by atoms with Gasteiger partial charge in [-0.2, -0.15) is 0 Å². The van der Waals surface area contributed by atoms with Crippen molar-refractivity contribution in [3.63, 3.8) is 0 Å². The summed E-state index contributed by atoms with van der Waals surface area (Å²) in [5.41, 5.74) is 2.95. The minimum absolute atomic E-state index is 0.357. The molecule has 0 aromatic heterocycles. The zero-order valence-electron chi connectivity index (χ0n) is 12.1. The van der Waals surface area contributed by atoms with Gasteiger partial charge in [-0.25, -0.2) is 4.79 Å². The number of fused-ring (bicyclic) bond motifs is 1. The van der Waals surface area contributed by atoms with Crippen LogP contribution in [0.2, 0.25) is 0 Å². The predicted molar refractivity (Wildman–Crippen MR) is 82.1 cm³/mol. The van der Waals surface area contributed by atoms with Gasteiger partial charge in [0.1, 0.15) is 18.6 Å². The van der Waals surface area contributed by atoms with Crippen LogP contribution in [0.25, 0.3) is 0 Å². The fourth-order valence-corrected chi connectivity index (χ4v) is 2.47. The normalized spacial score (nSPS) is 13.0. The van der Waals surface area contributed by atoms with E-state index in [-0.39, 0.29) is 5.97 Å². The lowest BCUT2D eigenvalue weighted by atomic mass is 10.1. The van der Waals surface area contributed by atoms with Crippen LogP contribution in [0.1, 0.15) is 20.7 Å². The molecule has 0 bridgehead atoms. The summed E-state index contributed by atoms with van der Waals surface area (Å²) in [6.45, 7) is 1.24. The van der Waals surface area contributed by atoms with Gasteiger partial charge in [-0.15, -0.1) is 0 Å². The van der Waals surface area contributed by atoms with E-state index in [2.05, 4.69) is 4.90 Å². The quantitative estimate of drug-likeness (QED) is 0.644. The number of ether oxygens (including phenoxy) is 2. The van der Waals surface area contributed by atoms with E-state index >= 15 is 0 Å². The first kappa shape index (κ1) is 14.1. The SMILES string of the molecule is COC(=O)c1ccc(N2CCOc3cc(C=O)ccc32)cc1. The number of hydrogen-bond acceptors (Lipinski definition) is 5. The molecule has 0 spiro atoms. The fraction of sp³-hybridized carbons (Fsp3) is 0.176. The minimum Gasteiger partial charge on any atom is -0.490 e. The van der Waals surface area contributed by atoms with Crippen molar-refractivity contribution in [2.45, 2.75) is 0 Å². The molecule has 0 N–H and O–H groups in total. The van der Waals surface area contributed by atoms with Gasteiger partial charge in [0.15, 0.2) is 0 Å². The summed E-state index contributed by atoms with van der Waals surface area (Å²) in [7, 11) is 1.36. The second-order valence-corrected chi connectivity index (χ2v) is 4.88. The third-order valence-corrected chi connectivity index (χ3v) is 3.58. The van der Waals surface area contributed by atoms with Gasteiger partial charge in [0.05, 0.1) is 24.9 Å². The van der Waals surface area contributed by atoms with Gasteiger partial charge in [0, 0.05) is 11.3 Å². The van der Waals surface area contributed by atoms with Gasteiger partial charge >= 0.3 is 5.97 Å². The van der Waals surface area contributed by atoms with E-state index in [1.807, 2.05) is 18.2 Å². The number of anilines is 2. The number of aldehydes is 1. The number of rotatable bonds is 3. The highest BCUT2D eigenvalue weighted by Gasteiger charge is 2.20. The molecule has 5 nitrogen and oxygen atoms in total. The Kier molecular flexibility index (Phi) is 3.78. The largest absolute Gasteiger partial charge is 0.490 e. The predicted octanol–water partition coefficient (Wildman–Crippen LogP) is 2.82. The summed E-state index contributed by atoms with van der Waals surface area (Å²) in [6, 6.07) is 12.6. The molecular formula is C17H15NO4. The number of nitrogens with zero attached hydrogens (tertiary/aromatic N) is 1. The van der Waals surface area contributed by atoms with Crippen molar-refractivity contribution in [1.29, 1.82) is 0 Å². The molecule has 0 fully saturated rings. The van der Waals surface area contributed by atoms with Crippen molar-refractivity contribution >= 4 is 23.6 Å². The third kappa shape index (κ3) is 2.53. The summed E-state index contributed by atoms with van der Waals surface area (Å²) >= 11 is 0. The second-order valence-electron chi connectivity index (χ2n) is 4.88. The number of hydrogen-bond donors (Lipinski definition) is 0. The molecule has 5 heteroatoms. The standard InChI is InChI=1S/C17H15NO4/c1-21-17(20)13-3-5-14(6-4-13)18-8-9-22-16-10-12(11-19)2-7-15(16)18/h2-7,10-11H,8-9H2,1H3. The molecule has 0 unspecified atom stereocenters. The van der Waals surface area contributed by atoms with Crippen LogP contribution < -0.4 is 9.64 Å². The molecule has 0 aliphatic carbocycles. The topological polar surface area (TPSA) is 55.8 Å². The van der Waals surface area contributed by atoms with Crippen LogP contribution >= 0.6 is 0 Å². The third-order valence-electron chi connectivity index (χ3n) is 3.58. The molecule has 0 saturated heterocycles. The van der Waals surface area contributed by atoms with Crippen LogP contribution in [0.3, 0.4) is 0 Å². The average Bonchev–Trinajstić information content (AvgIpc) is 2.60. The van der Waals surface area contributed by atoms with E-state index in [1.54, 1.807) is 24.3 Å². The lowest BCUT2D eigenvalue weighted by Crippen LogP contribution is -2.28. The van der Waals surface area contributed by atoms with Crippen LogP contribution in [-0.2, 0) is 4.74 Å². The van der Waals surface area contributed by atoms with Crippen LogP contribution in [0.5, 0.6) is 5.75 Å². The van der Waals surface area contributed by atoms with E-state index in [0.717, 1.165) is 17.7 Å². The Bertz CT molecular complexity index is 709. The summed E-state index contributed by atoms with van der Waals surface area (Å²) in [4.78, 5) is 24.4. The van der Waals surface area contributed by atoms with Crippen molar-refractivity contribution in [3.8, 4) is 5.75 Å². The molecule has 112 valence electrons. The number of esters is 1. The number of carbonyl (C=O) groups is 2. The number of methoxy groups -OCH3 is 1. The van der Waals surface area contributed by atoms with Crippen LogP contribution in [0.4, 0.5) is 11.4 Å². The highest BCUT2D eigenvalue weighted by atomic mass is 16.5. The fourth-order valence-electron chi connectivity index (χ4n) is 2.47. The summed E-state index contributed by atoms with van der Waals surface area (Å²) < 4.78 is 10.3. The zero-order chi connectivity index (χ0) is 15.5. The second kappa shape index (κ2) is 5.89. The lowest BCUT2D eigenvalue weighted by Gasteiger charge is -2.31. The molecule has 1 aliphatic rings.